The lowest BCUT2D eigenvalue weighted by Crippen LogP contribution is -2.18. The number of aryl methyl sites for hydroxylation is 1. The minimum absolute atomic E-state index is 0.0972. The molecule has 0 aliphatic carbocycles. The van der Waals surface area contributed by atoms with Crippen LogP contribution in [0.3, 0.4) is 0 Å². The lowest BCUT2D eigenvalue weighted by atomic mass is 10.2. The number of hydrogen-bond donors (Lipinski definition) is 2. The predicted molar refractivity (Wildman–Crippen MR) is 61.4 cm³/mol. The number of carbonyl (C=O) groups excluding carboxylic acids is 1. The van der Waals surface area contributed by atoms with Gasteiger partial charge in [-0.15, -0.1) is 0 Å². The zero-order valence-electron chi connectivity index (χ0n) is 8.77. The molecule has 17 heavy (non-hydrogen) atoms. The van der Waals surface area contributed by atoms with Crippen LogP contribution in [-0.2, 0) is 0 Å². The number of aromatic nitrogens is 2. The van der Waals surface area contributed by atoms with Gasteiger partial charge in [-0.05, 0) is 12.5 Å². The van der Waals surface area contributed by atoms with Gasteiger partial charge < -0.3 is 10.8 Å². The highest BCUT2D eigenvalue weighted by Crippen LogP contribution is 2.29. The second-order valence-electron chi connectivity index (χ2n) is 3.51. The molecule has 0 fully saturated rings. The third-order valence-corrected chi connectivity index (χ3v) is 2.88. The number of amides is 1. The molecule has 0 unspecified atom stereocenters. The molecule has 0 aromatic carbocycles. The van der Waals surface area contributed by atoms with Gasteiger partial charge in [0.05, 0.1) is 16.0 Å². The summed E-state index contributed by atoms with van der Waals surface area (Å²) in [4.78, 5) is 26.2. The van der Waals surface area contributed by atoms with Crippen LogP contribution in [-0.4, -0.2) is 26.7 Å². The molecule has 2 rings (SSSR count). The van der Waals surface area contributed by atoms with E-state index in [2.05, 4.69) is 4.98 Å². The van der Waals surface area contributed by atoms with Crippen molar-refractivity contribution in [3.8, 4) is 0 Å². The van der Waals surface area contributed by atoms with E-state index in [4.69, 9.17) is 22.4 Å². The van der Waals surface area contributed by atoms with Crippen molar-refractivity contribution in [1.29, 1.82) is 0 Å². The SMILES string of the molecule is Cc1cnc2c(c(C(=O)O)cn2C(N)=O)c1Cl. The highest BCUT2D eigenvalue weighted by atomic mass is 35.5. The van der Waals surface area contributed by atoms with Crippen molar-refractivity contribution in [1.82, 2.24) is 9.55 Å². The third kappa shape index (κ3) is 1.62. The highest BCUT2D eigenvalue weighted by Gasteiger charge is 2.20. The Hall–Kier alpha value is -2.08. The lowest BCUT2D eigenvalue weighted by Gasteiger charge is -2.01. The number of aromatic carboxylic acids is 1. The van der Waals surface area contributed by atoms with E-state index in [-0.39, 0.29) is 21.6 Å². The van der Waals surface area contributed by atoms with Gasteiger partial charge in [0.2, 0.25) is 0 Å². The van der Waals surface area contributed by atoms with Crippen LogP contribution in [0.1, 0.15) is 15.9 Å². The average Bonchev–Trinajstić information content (AvgIpc) is 2.63. The maximum atomic E-state index is 11.2. The normalized spacial score (nSPS) is 10.7. The summed E-state index contributed by atoms with van der Waals surface area (Å²) in [5.41, 5.74) is 5.80. The summed E-state index contributed by atoms with van der Waals surface area (Å²) >= 11 is 6.02. The fourth-order valence-electron chi connectivity index (χ4n) is 1.58. The van der Waals surface area contributed by atoms with E-state index >= 15 is 0 Å². The van der Waals surface area contributed by atoms with Crippen LogP contribution in [0.5, 0.6) is 0 Å². The van der Waals surface area contributed by atoms with Gasteiger partial charge >= 0.3 is 12.0 Å². The van der Waals surface area contributed by atoms with Crippen LogP contribution in [0.4, 0.5) is 4.79 Å². The summed E-state index contributed by atoms with van der Waals surface area (Å²) in [7, 11) is 0. The molecule has 0 saturated heterocycles. The van der Waals surface area contributed by atoms with E-state index in [1.807, 2.05) is 0 Å². The highest BCUT2D eigenvalue weighted by molar-refractivity contribution is 6.37. The molecule has 6 nitrogen and oxygen atoms in total. The molecule has 7 heteroatoms. The summed E-state index contributed by atoms with van der Waals surface area (Å²) < 4.78 is 0.962. The Labute approximate surface area is 101 Å². The number of halogens is 1. The number of primary amides is 1. The van der Waals surface area contributed by atoms with Gasteiger partial charge in [-0.3, -0.25) is 4.57 Å². The molecule has 0 saturated carbocycles. The zero-order chi connectivity index (χ0) is 12.7. The van der Waals surface area contributed by atoms with E-state index in [1.54, 1.807) is 6.92 Å². The van der Waals surface area contributed by atoms with Crippen molar-refractivity contribution in [3.63, 3.8) is 0 Å². The van der Waals surface area contributed by atoms with Crippen molar-refractivity contribution in [2.75, 3.05) is 0 Å². The average molecular weight is 254 g/mol. The fraction of sp³-hybridized carbons (Fsp3) is 0.100. The van der Waals surface area contributed by atoms with Gasteiger partial charge in [-0.2, -0.15) is 0 Å². The number of nitrogens with zero attached hydrogens (tertiary/aromatic N) is 2. The van der Waals surface area contributed by atoms with Crippen LogP contribution >= 0.6 is 11.6 Å². The standard InChI is InChI=1S/C10H8ClN3O3/c1-4-2-13-8-6(7(4)11)5(9(15)16)3-14(8)10(12)17/h2-3H,1H3,(H2,12,17)(H,15,16). The topological polar surface area (TPSA) is 98.2 Å². The van der Waals surface area contributed by atoms with Crippen LogP contribution in [0, 0.1) is 6.92 Å². The Bertz CT molecular complexity index is 648. The Morgan fingerprint density at radius 1 is 1.53 bits per heavy atom. The molecule has 0 spiro atoms. The lowest BCUT2D eigenvalue weighted by molar-refractivity contribution is 0.0699. The molecule has 0 bridgehead atoms. The first-order valence-corrected chi connectivity index (χ1v) is 5.00. The van der Waals surface area contributed by atoms with E-state index in [1.165, 1.54) is 6.20 Å². The smallest absolute Gasteiger partial charge is 0.338 e. The number of hydrogen-bond acceptors (Lipinski definition) is 3. The van der Waals surface area contributed by atoms with Gasteiger partial charge in [0.1, 0.15) is 5.65 Å². The van der Waals surface area contributed by atoms with E-state index < -0.39 is 12.0 Å². The number of carbonyl (C=O) groups is 2. The van der Waals surface area contributed by atoms with Crippen molar-refractivity contribution < 1.29 is 14.7 Å². The summed E-state index contributed by atoms with van der Waals surface area (Å²) in [6, 6.07) is -0.810. The molecule has 2 aromatic rings. The van der Waals surface area contributed by atoms with Crippen molar-refractivity contribution in [2.24, 2.45) is 5.73 Å². The Morgan fingerprint density at radius 3 is 2.71 bits per heavy atom. The minimum Gasteiger partial charge on any atom is -0.478 e. The Morgan fingerprint density at radius 2 is 2.18 bits per heavy atom. The summed E-state index contributed by atoms with van der Waals surface area (Å²) in [6.07, 6.45) is 2.57. The number of nitrogens with two attached hydrogens (primary N) is 1. The summed E-state index contributed by atoms with van der Waals surface area (Å²) in [6.45, 7) is 1.70. The van der Waals surface area contributed by atoms with E-state index in [0.717, 1.165) is 10.8 Å². The predicted octanol–water partition coefficient (Wildman–Crippen LogP) is 1.62. The molecule has 2 aromatic heterocycles. The molecule has 3 N–H and O–H groups in total. The summed E-state index contributed by atoms with van der Waals surface area (Å²) in [5.74, 6) is -1.19. The third-order valence-electron chi connectivity index (χ3n) is 2.39. The second-order valence-corrected chi connectivity index (χ2v) is 3.89. The fourth-order valence-corrected chi connectivity index (χ4v) is 1.82. The van der Waals surface area contributed by atoms with Crippen molar-refractivity contribution in [2.45, 2.75) is 6.92 Å². The number of carboxylic acid groups (broad SMARTS) is 1. The quantitative estimate of drug-likeness (QED) is 0.807. The van der Waals surface area contributed by atoms with Crippen LogP contribution in [0.2, 0.25) is 5.02 Å². The van der Waals surface area contributed by atoms with Crippen LogP contribution in [0.25, 0.3) is 11.0 Å². The first-order chi connectivity index (χ1) is 7.93. The second kappa shape index (κ2) is 3.74. The molecule has 88 valence electrons. The van der Waals surface area contributed by atoms with Crippen LogP contribution in [0.15, 0.2) is 12.4 Å². The van der Waals surface area contributed by atoms with Crippen molar-refractivity contribution in [3.05, 3.63) is 28.5 Å². The summed E-state index contributed by atoms with van der Waals surface area (Å²) in [5, 5.41) is 9.52. The molecule has 2 heterocycles. The van der Waals surface area contributed by atoms with Gasteiger partial charge in [-0.1, -0.05) is 11.6 Å². The molecular weight excluding hydrogens is 246 g/mol. The van der Waals surface area contributed by atoms with E-state index in [0.29, 0.717) is 5.56 Å². The Kier molecular flexibility index (Phi) is 2.51. The van der Waals surface area contributed by atoms with Gasteiger partial charge in [0.15, 0.2) is 0 Å². The molecule has 0 radical (unpaired) electrons. The van der Waals surface area contributed by atoms with Gasteiger partial charge in [0.25, 0.3) is 0 Å². The van der Waals surface area contributed by atoms with Crippen LogP contribution < -0.4 is 5.73 Å². The maximum Gasteiger partial charge on any atom is 0.338 e. The largest absolute Gasteiger partial charge is 0.478 e. The first kappa shape index (κ1) is 11.4. The van der Waals surface area contributed by atoms with E-state index in [9.17, 15) is 9.59 Å². The number of rotatable bonds is 1. The molecule has 0 atom stereocenters. The molecule has 1 amide bonds. The minimum atomic E-state index is -1.19. The number of fused-ring (bicyclic) bond motifs is 1. The maximum absolute atomic E-state index is 11.2. The van der Waals surface area contributed by atoms with Gasteiger partial charge in [0, 0.05) is 12.4 Å². The Balaban J connectivity index is 2.96. The first-order valence-electron chi connectivity index (χ1n) is 4.62. The number of pyridine rings is 1. The molecule has 0 aliphatic rings. The van der Waals surface area contributed by atoms with Crippen molar-refractivity contribution >= 4 is 34.6 Å². The zero-order valence-corrected chi connectivity index (χ0v) is 9.52. The number of carboxylic acids is 1. The molecular formula is C10H8ClN3O3. The van der Waals surface area contributed by atoms with Gasteiger partial charge in [-0.25, -0.2) is 14.6 Å². The molecule has 0 aliphatic heterocycles. The monoisotopic (exact) mass is 253 g/mol.